The molecule has 1 aliphatic heterocycles. The van der Waals surface area contributed by atoms with Crippen LogP contribution in [0.5, 0.6) is 0 Å². The van der Waals surface area contributed by atoms with E-state index in [9.17, 15) is 14.3 Å². The van der Waals surface area contributed by atoms with Gasteiger partial charge < -0.3 is 10.4 Å². The quantitative estimate of drug-likeness (QED) is 0.745. The largest absolute Gasteiger partial charge is 0.371 e. The molecule has 0 spiro atoms. The molecule has 2 aromatic rings. The number of nitriles is 1. The fraction of sp³-hybridized carbons (Fsp3) is 0.176. The maximum atomic E-state index is 12.9. The Kier molecular flexibility index (Phi) is 5.17. The van der Waals surface area contributed by atoms with E-state index in [-0.39, 0.29) is 36.2 Å². The van der Waals surface area contributed by atoms with E-state index in [2.05, 4.69) is 20.7 Å². The molecule has 9 heteroatoms. The minimum atomic E-state index is -1.28. The predicted octanol–water partition coefficient (Wildman–Crippen LogP) is 0.815. The summed E-state index contributed by atoms with van der Waals surface area (Å²) in [6, 6.07) is 10.8. The van der Waals surface area contributed by atoms with Gasteiger partial charge in [-0.05, 0) is 36.4 Å². The van der Waals surface area contributed by atoms with E-state index in [4.69, 9.17) is 5.26 Å². The monoisotopic (exact) mass is 354 g/mol. The first-order valence-electron chi connectivity index (χ1n) is 7.72. The van der Waals surface area contributed by atoms with E-state index in [0.29, 0.717) is 11.4 Å². The summed E-state index contributed by atoms with van der Waals surface area (Å²) in [4.78, 5) is 20.3. The minimum absolute atomic E-state index is 0.00235. The van der Waals surface area contributed by atoms with Gasteiger partial charge in [0.2, 0.25) is 5.78 Å². The Morgan fingerprint density at radius 3 is 2.77 bits per heavy atom. The number of hydrogen-bond donors (Lipinski definition) is 3. The van der Waals surface area contributed by atoms with Crippen LogP contribution >= 0.6 is 0 Å². The number of anilines is 2. The van der Waals surface area contributed by atoms with E-state index in [1.54, 1.807) is 18.2 Å². The van der Waals surface area contributed by atoms with Gasteiger partial charge in [-0.25, -0.2) is 14.8 Å². The number of aliphatic imine (C=N–C) groups is 1. The molecule has 3 rings (SSSR count). The Balaban J connectivity index is 1.63. The number of benzene rings is 1. The molecule has 26 heavy (non-hydrogen) atoms. The molecular weight excluding hydrogens is 339 g/mol. The van der Waals surface area contributed by atoms with E-state index >= 15 is 0 Å². The Morgan fingerprint density at radius 1 is 1.38 bits per heavy atom. The number of pyridine rings is 1. The average Bonchev–Trinajstić information content (AvgIpc) is 2.65. The van der Waals surface area contributed by atoms with Crippen LogP contribution in [0.25, 0.3) is 0 Å². The molecular formula is C17H15FN6O2. The standard InChI is InChI=1S/C17H15FN6O2/c18-11-1-3-12(4-2-11)21-10-22-16-15(25)9-24(23-17(16)26)14-6-5-13(7-19)20-8-14/h1-6,8,17,21,23,26H,9-10H2. The Hall–Kier alpha value is -3.35. The summed E-state index contributed by atoms with van der Waals surface area (Å²) >= 11 is 0. The van der Waals surface area contributed by atoms with Crippen LogP contribution in [-0.4, -0.2) is 41.0 Å². The minimum Gasteiger partial charge on any atom is -0.371 e. The van der Waals surface area contributed by atoms with Crippen molar-refractivity contribution in [2.45, 2.75) is 6.23 Å². The van der Waals surface area contributed by atoms with Gasteiger partial charge in [0.05, 0.1) is 18.4 Å². The predicted molar refractivity (Wildman–Crippen MR) is 92.8 cm³/mol. The summed E-state index contributed by atoms with van der Waals surface area (Å²) in [5.41, 5.74) is 4.18. The Morgan fingerprint density at radius 2 is 2.15 bits per heavy atom. The maximum absolute atomic E-state index is 12.9. The highest BCUT2D eigenvalue weighted by atomic mass is 19.1. The molecule has 1 aromatic carbocycles. The van der Waals surface area contributed by atoms with Crippen molar-refractivity contribution in [2.75, 3.05) is 23.5 Å². The number of aliphatic hydroxyl groups is 1. The summed E-state index contributed by atoms with van der Waals surface area (Å²) in [5, 5.41) is 23.3. The number of nitrogens with one attached hydrogen (secondary N) is 2. The first kappa shape index (κ1) is 17.5. The number of Topliss-reactive ketones (excluding diaryl/α,β-unsaturated/α-hetero) is 1. The van der Waals surface area contributed by atoms with Gasteiger partial charge in [-0.3, -0.25) is 14.8 Å². The molecule has 1 fully saturated rings. The average molecular weight is 354 g/mol. The van der Waals surface area contributed by atoms with Crippen molar-refractivity contribution in [2.24, 2.45) is 4.99 Å². The molecule has 0 amide bonds. The number of aromatic nitrogens is 1. The maximum Gasteiger partial charge on any atom is 0.201 e. The molecule has 0 radical (unpaired) electrons. The second-order valence-corrected chi connectivity index (χ2v) is 5.44. The number of carbonyl (C=O) groups is 1. The smallest absolute Gasteiger partial charge is 0.201 e. The van der Waals surface area contributed by atoms with Crippen LogP contribution in [0.1, 0.15) is 5.69 Å². The molecule has 8 nitrogen and oxygen atoms in total. The molecule has 1 unspecified atom stereocenters. The van der Waals surface area contributed by atoms with E-state index in [1.165, 1.54) is 29.4 Å². The summed E-state index contributed by atoms with van der Waals surface area (Å²) in [6.07, 6.45) is 0.158. The van der Waals surface area contributed by atoms with Crippen molar-refractivity contribution < 1.29 is 14.3 Å². The lowest BCUT2D eigenvalue weighted by Crippen LogP contribution is -2.59. The topological polar surface area (TPSA) is 114 Å². The number of carbonyl (C=O) groups excluding carboxylic acids is 1. The van der Waals surface area contributed by atoms with Gasteiger partial charge in [0, 0.05) is 5.69 Å². The van der Waals surface area contributed by atoms with Gasteiger partial charge >= 0.3 is 0 Å². The number of ketones is 1. The van der Waals surface area contributed by atoms with Gasteiger partial charge in [-0.1, -0.05) is 0 Å². The normalized spacial score (nSPS) is 18.7. The lowest BCUT2D eigenvalue weighted by Gasteiger charge is -2.32. The van der Waals surface area contributed by atoms with E-state index in [0.717, 1.165) is 0 Å². The molecule has 0 aliphatic carbocycles. The van der Waals surface area contributed by atoms with Gasteiger partial charge in [0.15, 0.2) is 6.23 Å². The van der Waals surface area contributed by atoms with Crippen LogP contribution in [0.4, 0.5) is 15.8 Å². The third kappa shape index (κ3) is 4.00. The fourth-order valence-electron chi connectivity index (χ4n) is 2.37. The number of halogens is 1. The van der Waals surface area contributed by atoms with Crippen molar-refractivity contribution in [1.29, 1.82) is 5.26 Å². The highest BCUT2D eigenvalue weighted by molar-refractivity contribution is 6.43. The fourth-order valence-corrected chi connectivity index (χ4v) is 2.37. The van der Waals surface area contributed by atoms with E-state index < -0.39 is 6.23 Å². The van der Waals surface area contributed by atoms with Crippen molar-refractivity contribution in [3.63, 3.8) is 0 Å². The molecule has 0 saturated carbocycles. The second-order valence-electron chi connectivity index (χ2n) is 5.44. The second kappa shape index (κ2) is 7.69. The zero-order valence-electron chi connectivity index (χ0n) is 13.6. The van der Waals surface area contributed by atoms with Crippen LogP contribution < -0.4 is 15.8 Å². The third-order valence-corrected chi connectivity index (χ3v) is 3.68. The van der Waals surface area contributed by atoms with Gasteiger partial charge in [0.1, 0.15) is 30.0 Å². The summed E-state index contributed by atoms with van der Waals surface area (Å²) in [5.74, 6) is -0.692. The molecule has 1 saturated heterocycles. The number of hydrogen-bond acceptors (Lipinski definition) is 8. The van der Waals surface area contributed by atoms with Crippen LogP contribution in [-0.2, 0) is 4.79 Å². The zero-order chi connectivity index (χ0) is 18.5. The van der Waals surface area contributed by atoms with Gasteiger partial charge in [-0.2, -0.15) is 5.26 Å². The first-order valence-corrected chi connectivity index (χ1v) is 7.72. The van der Waals surface area contributed by atoms with Crippen LogP contribution in [0, 0.1) is 17.1 Å². The van der Waals surface area contributed by atoms with Crippen LogP contribution in [0.3, 0.4) is 0 Å². The number of rotatable bonds is 4. The first-order chi connectivity index (χ1) is 12.6. The molecule has 132 valence electrons. The van der Waals surface area contributed by atoms with Crippen molar-refractivity contribution in [1.82, 2.24) is 10.4 Å². The Labute approximate surface area is 148 Å². The molecule has 1 aromatic heterocycles. The van der Waals surface area contributed by atoms with Gasteiger partial charge in [0.25, 0.3) is 0 Å². The number of aliphatic hydroxyl groups excluding tert-OH is 1. The van der Waals surface area contributed by atoms with Crippen molar-refractivity contribution in [3.8, 4) is 6.07 Å². The number of hydrazine groups is 1. The lowest BCUT2D eigenvalue weighted by molar-refractivity contribution is -0.113. The van der Waals surface area contributed by atoms with Gasteiger partial charge in [-0.15, -0.1) is 0 Å². The molecule has 1 aliphatic rings. The molecule has 2 heterocycles. The van der Waals surface area contributed by atoms with E-state index in [1.807, 2.05) is 6.07 Å². The highest BCUT2D eigenvalue weighted by Crippen LogP contribution is 2.14. The zero-order valence-corrected chi connectivity index (χ0v) is 13.6. The third-order valence-electron chi connectivity index (χ3n) is 3.68. The molecule has 1 atom stereocenters. The Bertz CT molecular complexity index is 860. The van der Waals surface area contributed by atoms with Crippen molar-refractivity contribution >= 4 is 22.9 Å². The molecule has 0 bridgehead atoms. The lowest BCUT2D eigenvalue weighted by atomic mass is 10.1. The summed E-state index contributed by atoms with van der Waals surface area (Å²) < 4.78 is 12.9. The summed E-state index contributed by atoms with van der Waals surface area (Å²) in [7, 11) is 0. The SMILES string of the molecule is N#Cc1ccc(N2CC(=O)C(=NCNc3ccc(F)cc3)C(O)N2)cn1. The highest BCUT2D eigenvalue weighted by Gasteiger charge is 2.30. The van der Waals surface area contributed by atoms with Crippen LogP contribution in [0.15, 0.2) is 47.6 Å². The summed E-state index contributed by atoms with van der Waals surface area (Å²) in [6.45, 7) is 0.0177. The van der Waals surface area contributed by atoms with Crippen molar-refractivity contribution in [3.05, 3.63) is 54.1 Å². The number of nitrogens with zero attached hydrogens (tertiary/aromatic N) is 4. The molecule has 3 N–H and O–H groups in total. The van der Waals surface area contributed by atoms with Crippen LogP contribution in [0.2, 0.25) is 0 Å².